The summed E-state index contributed by atoms with van der Waals surface area (Å²) in [5.41, 5.74) is 0. The van der Waals surface area contributed by atoms with Gasteiger partial charge in [-0.25, -0.2) is 4.98 Å². The van der Waals surface area contributed by atoms with Crippen LogP contribution in [0.4, 0.5) is 5.82 Å². The molecule has 1 atom stereocenters. The zero-order valence-electron chi connectivity index (χ0n) is 12.5. The number of ether oxygens (including phenoxy) is 2. The second-order valence-corrected chi connectivity index (χ2v) is 4.90. The normalized spacial score (nSPS) is 19.1. The molecular formula is C15H25N3O2. The van der Waals surface area contributed by atoms with Gasteiger partial charge in [0.2, 0.25) is 0 Å². The molecule has 0 radical (unpaired) electrons. The van der Waals surface area contributed by atoms with Crippen molar-refractivity contribution < 1.29 is 9.47 Å². The Hall–Kier alpha value is -1.33. The predicted octanol–water partition coefficient (Wildman–Crippen LogP) is 1.69. The van der Waals surface area contributed by atoms with Crippen molar-refractivity contribution in [2.45, 2.75) is 26.3 Å². The zero-order valence-corrected chi connectivity index (χ0v) is 12.5. The number of pyridine rings is 1. The van der Waals surface area contributed by atoms with Gasteiger partial charge in [0.15, 0.2) is 11.6 Å². The summed E-state index contributed by atoms with van der Waals surface area (Å²) in [6, 6.07) is 4.23. The van der Waals surface area contributed by atoms with Crippen LogP contribution in [0.1, 0.15) is 20.3 Å². The molecule has 1 aromatic rings. The molecule has 112 valence electrons. The molecule has 1 aliphatic heterocycles. The van der Waals surface area contributed by atoms with Crippen LogP contribution >= 0.6 is 0 Å². The van der Waals surface area contributed by atoms with Crippen molar-refractivity contribution in [1.29, 1.82) is 0 Å². The summed E-state index contributed by atoms with van der Waals surface area (Å²) >= 11 is 0. The average molecular weight is 279 g/mol. The maximum atomic E-state index is 5.83. The van der Waals surface area contributed by atoms with Gasteiger partial charge in [-0.05, 0) is 25.1 Å². The number of anilines is 1. The van der Waals surface area contributed by atoms with Crippen LogP contribution in [-0.4, -0.2) is 50.5 Å². The summed E-state index contributed by atoms with van der Waals surface area (Å²) in [5.74, 6) is 1.81. The van der Waals surface area contributed by atoms with E-state index in [0.29, 0.717) is 6.04 Å². The van der Waals surface area contributed by atoms with Crippen molar-refractivity contribution in [2.75, 3.05) is 44.4 Å². The third-order valence-electron chi connectivity index (χ3n) is 3.34. The first-order valence-corrected chi connectivity index (χ1v) is 7.49. The summed E-state index contributed by atoms with van der Waals surface area (Å²) in [4.78, 5) is 6.83. The van der Waals surface area contributed by atoms with Crippen LogP contribution in [0, 0.1) is 0 Å². The Balaban J connectivity index is 2.14. The molecule has 1 N–H and O–H groups in total. The topological polar surface area (TPSA) is 46.6 Å². The Labute approximate surface area is 121 Å². The molecule has 2 rings (SSSR count). The van der Waals surface area contributed by atoms with Crippen LogP contribution in [0.15, 0.2) is 18.3 Å². The first-order chi connectivity index (χ1) is 9.86. The number of hydrogen-bond donors (Lipinski definition) is 1. The van der Waals surface area contributed by atoms with Gasteiger partial charge in [0.1, 0.15) is 0 Å². The summed E-state index contributed by atoms with van der Waals surface area (Å²) in [6.45, 7) is 9.15. The summed E-state index contributed by atoms with van der Waals surface area (Å²) in [7, 11) is 0. The van der Waals surface area contributed by atoms with Crippen LogP contribution in [0.2, 0.25) is 0 Å². The maximum absolute atomic E-state index is 5.83. The SMILES string of the molecule is CCCOc1cccnc1N1CCOCC1CNCC. The molecule has 0 aliphatic carbocycles. The zero-order chi connectivity index (χ0) is 14.2. The van der Waals surface area contributed by atoms with Crippen LogP contribution in [0.5, 0.6) is 5.75 Å². The molecule has 0 saturated carbocycles. The van der Waals surface area contributed by atoms with Crippen LogP contribution in [0.3, 0.4) is 0 Å². The van der Waals surface area contributed by atoms with E-state index in [1.807, 2.05) is 18.3 Å². The second-order valence-electron chi connectivity index (χ2n) is 4.90. The van der Waals surface area contributed by atoms with Crippen molar-refractivity contribution in [3.8, 4) is 5.75 Å². The van der Waals surface area contributed by atoms with Crippen molar-refractivity contribution in [3.05, 3.63) is 18.3 Å². The van der Waals surface area contributed by atoms with E-state index in [1.54, 1.807) is 0 Å². The highest BCUT2D eigenvalue weighted by molar-refractivity contribution is 5.53. The number of nitrogens with one attached hydrogen (secondary N) is 1. The molecule has 2 heterocycles. The second kappa shape index (κ2) is 8.07. The molecule has 1 fully saturated rings. The van der Waals surface area contributed by atoms with E-state index < -0.39 is 0 Å². The lowest BCUT2D eigenvalue weighted by Gasteiger charge is -2.37. The van der Waals surface area contributed by atoms with E-state index in [4.69, 9.17) is 9.47 Å². The number of nitrogens with zero attached hydrogens (tertiary/aromatic N) is 2. The lowest BCUT2D eigenvalue weighted by Crippen LogP contribution is -2.51. The van der Waals surface area contributed by atoms with Gasteiger partial charge in [-0.2, -0.15) is 0 Å². The Morgan fingerprint density at radius 1 is 1.50 bits per heavy atom. The molecular weight excluding hydrogens is 254 g/mol. The predicted molar refractivity (Wildman–Crippen MR) is 80.5 cm³/mol. The third-order valence-corrected chi connectivity index (χ3v) is 3.34. The molecule has 1 unspecified atom stereocenters. The van der Waals surface area contributed by atoms with Gasteiger partial charge in [-0.15, -0.1) is 0 Å². The van der Waals surface area contributed by atoms with Crippen molar-refractivity contribution in [1.82, 2.24) is 10.3 Å². The lowest BCUT2D eigenvalue weighted by atomic mass is 10.2. The van der Waals surface area contributed by atoms with Crippen LogP contribution < -0.4 is 15.0 Å². The molecule has 0 spiro atoms. The van der Waals surface area contributed by atoms with Crippen LogP contribution in [-0.2, 0) is 4.74 Å². The van der Waals surface area contributed by atoms with E-state index in [-0.39, 0.29) is 0 Å². The molecule has 5 heteroatoms. The molecule has 5 nitrogen and oxygen atoms in total. The Bertz CT molecular complexity index is 400. The lowest BCUT2D eigenvalue weighted by molar-refractivity contribution is 0.0931. The third kappa shape index (κ3) is 3.84. The quantitative estimate of drug-likeness (QED) is 0.823. The van der Waals surface area contributed by atoms with Crippen molar-refractivity contribution in [2.24, 2.45) is 0 Å². The fraction of sp³-hybridized carbons (Fsp3) is 0.667. The minimum absolute atomic E-state index is 0.308. The van der Waals surface area contributed by atoms with Gasteiger partial charge in [-0.1, -0.05) is 13.8 Å². The van der Waals surface area contributed by atoms with E-state index in [9.17, 15) is 0 Å². The minimum Gasteiger partial charge on any atom is -0.490 e. The molecule has 0 aromatic carbocycles. The monoisotopic (exact) mass is 279 g/mol. The highest BCUT2D eigenvalue weighted by Crippen LogP contribution is 2.28. The molecule has 1 aliphatic rings. The van der Waals surface area contributed by atoms with Gasteiger partial charge in [-0.3, -0.25) is 0 Å². The maximum Gasteiger partial charge on any atom is 0.171 e. The highest BCUT2D eigenvalue weighted by atomic mass is 16.5. The molecule has 1 saturated heterocycles. The van der Waals surface area contributed by atoms with Gasteiger partial charge in [0.05, 0.1) is 25.9 Å². The number of hydrogen-bond acceptors (Lipinski definition) is 5. The fourth-order valence-corrected chi connectivity index (χ4v) is 2.34. The largest absolute Gasteiger partial charge is 0.490 e. The smallest absolute Gasteiger partial charge is 0.171 e. The minimum atomic E-state index is 0.308. The molecule has 1 aromatic heterocycles. The molecule has 0 amide bonds. The summed E-state index contributed by atoms with van der Waals surface area (Å²) in [5, 5.41) is 3.39. The van der Waals surface area contributed by atoms with E-state index in [0.717, 1.165) is 57.4 Å². The van der Waals surface area contributed by atoms with Crippen LogP contribution in [0.25, 0.3) is 0 Å². The van der Waals surface area contributed by atoms with Gasteiger partial charge >= 0.3 is 0 Å². The van der Waals surface area contributed by atoms with Gasteiger partial charge < -0.3 is 19.7 Å². The van der Waals surface area contributed by atoms with Gasteiger partial charge in [0, 0.05) is 19.3 Å². The first-order valence-electron chi connectivity index (χ1n) is 7.49. The Morgan fingerprint density at radius 2 is 2.40 bits per heavy atom. The first kappa shape index (κ1) is 15.1. The fourth-order valence-electron chi connectivity index (χ4n) is 2.34. The highest BCUT2D eigenvalue weighted by Gasteiger charge is 2.26. The van der Waals surface area contributed by atoms with Crippen molar-refractivity contribution in [3.63, 3.8) is 0 Å². The number of aromatic nitrogens is 1. The standard InChI is InChI=1S/C15H25N3O2/c1-3-9-20-14-6-5-7-17-15(14)18-8-10-19-12-13(18)11-16-4-2/h5-7,13,16H,3-4,8-12H2,1-2H3. The number of morpholine rings is 1. The molecule has 20 heavy (non-hydrogen) atoms. The van der Waals surface area contributed by atoms with E-state index in [2.05, 4.69) is 29.0 Å². The summed E-state index contributed by atoms with van der Waals surface area (Å²) < 4.78 is 11.4. The summed E-state index contributed by atoms with van der Waals surface area (Å²) in [6.07, 6.45) is 2.83. The number of rotatable bonds is 7. The average Bonchev–Trinajstić information content (AvgIpc) is 2.51. The Morgan fingerprint density at radius 3 is 3.20 bits per heavy atom. The van der Waals surface area contributed by atoms with Crippen molar-refractivity contribution >= 4 is 5.82 Å². The number of likely N-dealkylation sites (N-methyl/N-ethyl adjacent to an activating group) is 1. The van der Waals surface area contributed by atoms with E-state index in [1.165, 1.54) is 0 Å². The molecule has 0 bridgehead atoms. The Kier molecular flexibility index (Phi) is 6.08. The van der Waals surface area contributed by atoms with Gasteiger partial charge in [0.25, 0.3) is 0 Å². The van der Waals surface area contributed by atoms with E-state index >= 15 is 0 Å².